The Morgan fingerprint density at radius 2 is 1.77 bits per heavy atom. The molecule has 2 fully saturated rings. The van der Waals surface area contributed by atoms with E-state index in [0.29, 0.717) is 18.9 Å². The molecule has 2 N–H and O–H groups in total. The molecule has 0 radical (unpaired) electrons. The van der Waals surface area contributed by atoms with Crippen LogP contribution in [0.25, 0.3) is 0 Å². The Bertz CT molecular complexity index is 1150. The zero-order valence-corrected chi connectivity index (χ0v) is 19.2. The summed E-state index contributed by atoms with van der Waals surface area (Å²) in [5, 5.41) is 3.39. The highest BCUT2D eigenvalue weighted by atomic mass is 19.1. The quantitative estimate of drug-likeness (QED) is 0.616. The third-order valence-electron chi connectivity index (χ3n) is 6.55. The second kappa shape index (κ2) is 9.81. The van der Waals surface area contributed by atoms with Crippen molar-refractivity contribution in [3.63, 3.8) is 0 Å². The Labute approximate surface area is 201 Å². The van der Waals surface area contributed by atoms with Crippen molar-refractivity contribution in [1.29, 1.82) is 0 Å². The van der Waals surface area contributed by atoms with E-state index in [1.54, 1.807) is 6.92 Å². The topological polar surface area (TPSA) is 98.8 Å². The van der Waals surface area contributed by atoms with Gasteiger partial charge in [-0.15, -0.1) is 0 Å². The molecule has 0 aliphatic carbocycles. The lowest BCUT2D eigenvalue weighted by Gasteiger charge is -2.32. The number of piperidine rings is 1. The maximum atomic E-state index is 13.9. The number of hydrazine groups is 1. The third kappa shape index (κ3) is 5.16. The molecule has 1 atom stereocenters. The monoisotopic (exact) mass is 484 g/mol. The highest BCUT2D eigenvalue weighted by Gasteiger charge is 2.48. The second-order valence-corrected chi connectivity index (χ2v) is 9.06. The fourth-order valence-corrected chi connectivity index (χ4v) is 4.37. The number of amides is 5. The summed E-state index contributed by atoms with van der Waals surface area (Å²) in [6, 6.07) is 11.6. The van der Waals surface area contributed by atoms with Gasteiger partial charge in [-0.25, -0.2) is 13.6 Å². The van der Waals surface area contributed by atoms with Gasteiger partial charge in [0.25, 0.3) is 11.8 Å². The third-order valence-corrected chi connectivity index (χ3v) is 6.55. The van der Waals surface area contributed by atoms with E-state index in [0.717, 1.165) is 22.7 Å². The first-order chi connectivity index (χ1) is 16.7. The van der Waals surface area contributed by atoms with Gasteiger partial charge in [0.15, 0.2) is 0 Å². The molecule has 10 heteroatoms. The van der Waals surface area contributed by atoms with Gasteiger partial charge in [-0.05, 0) is 50.3 Å². The molecule has 5 amide bonds. The number of hydrogen-bond acceptors (Lipinski definition) is 4. The number of urea groups is 1. The van der Waals surface area contributed by atoms with Gasteiger partial charge in [-0.2, -0.15) is 5.01 Å². The summed E-state index contributed by atoms with van der Waals surface area (Å²) in [6.45, 7) is 1.99. The van der Waals surface area contributed by atoms with Crippen LogP contribution in [0, 0.1) is 17.6 Å². The lowest BCUT2D eigenvalue weighted by atomic mass is 9.93. The molecule has 8 nitrogen and oxygen atoms in total. The molecule has 1 unspecified atom stereocenters. The van der Waals surface area contributed by atoms with E-state index in [2.05, 4.69) is 10.7 Å². The normalized spacial score (nSPS) is 20.7. The predicted octanol–water partition coefficient (Wildman–Crippen LogP) is 2.79. The van der Waals surface area contributed by atoms with Crippen LogP contribution < -0.4 is 10.7 Å². The minimum Gasteiger partial charge on any atom is -0.339 e. The fourth-order valence-electron chi connectivity index (χ4n) is 4.37. The molecule has 0 spiro atoms. The van der Waals surface area contributed by atoms with Crippen LogP contribution in [0.2, 0.25) is 0 Å². The summed E-state index contributed by atoms with van der Waals surface area (Å²) in [7, 11) is 0. The first-order valence-electron chi connectivity index (χ1n) is 11.4. The molecule has 2 aromatic carbocycles. The molecule has 184 valence electrons. The summed E-state index contributed by atoms with van der Waals surface area (Å²) in [4.78, 5) is 52.1. The Morgan fingerprint density at radius 3 is 2.43 bits per heavy atom. The van der Waals surface area contributed by atoms with Crippen molar-refractivity contribution in [2.45, 2.75) is 38.1 Å². The Hall–Kier alpha value is -3.82. The van der Waals surface area contributed by atoms with E-state index in [4.69, 9.17) is 0 Å². The molecule has 0 bridgehead atoms. The van der Waals surface area contributed by atoms with E-state index < -0.39 is 46.8 Å². The highest BCUT2D eigenvalue weighted by molar-refractivity contribution is 6.07. The summed E-state index contributed by atoms with van der Waals surface area (Å²) in [6.07, 6.45) is 1.49. The minimum absolute atomic E-state index is 0.183. The van der Waals surface area contributed by atoms with Crippen molar-refractivity contribution >= 4 is 23.8 Å². The van der Waals surface area contributed by atoms with Crippen LogP contribution in [0.4, 0.5) is 13.6 Å². The van der Waals surface area contributed by atoms with E-state index in [1.165, 1.54) is 4.90 Å². The van der Waals surface area contributed by atoms with Crippen LogP contribution in [0.5, 0.6) is 0 Å². The van der Waals surface area contributed by atoms with Crippen LogP contribution in [-0.4, -0.2) is 52.3 Å². The zero-order chi connectivity index (χ0) is 25.2. The van der Waals surface area contributed by atoms with Crippen LogP contribution in [-0.2, 0) is 16.0 Å². The maximum absolute atomic E-state index is 13.9. The number of carbonyl (C=O) groups excluding carboxylic acids is 4. The summed E-state index contributed by atoms with van der Waals surface area (Å²) < 4.78 is 27.1. The van der Waals surface area contributed by atoms with Crippen molar-refractivity contribution in [2.24, 2.45) is 5.92 Å². The first kappa shape index (κ1) is 24.3. The molecular weight excluding hydrogens is 458 g/mol. The van der Waals surface area contributed by atoms with Crippen molar-refractivity contribution in [3.05, 3.63) is 71.3 Å². The minimum atomic E-state index is -1.14. The number of halogens is 2. The van der Waals surface area contributed by atoms with E-state index in [1.807, 2.05) is 30.3 Å². The molecule has 2 aliphatic rings. The van der Waals surface area contributed by atoms with E-state index >= 15 is 0 Å². The number of imide groups is 1. The molecule has 0 saturated carbocycles. The van der Waals surface area contributed by atoms with Gasteiger partial charge in [0.1, 0.15) is 17.2 Å². The number of rotatable bonds is 6. The molecule has 0 aromatic heterocycles. The molecule has 35 heavy (non-hydrogen) atoms. The van der Waals surface area contributed by atoms with Crippen LogP contribution in [0.1, 0.15) is 42.1 Å². The van der Waals surface area contributed by atoms with Crippen molar-refractivity contribution in [3.8, 4) is 0 Å². The Kier molecular flexibility index (Phi) is 6.81. The van der Waals surface area contributed by atoms with Crippen LogP contribution in [0.3, 0.4) is 0 Å². The Morgan fingerprint density at radius 1 is 1.09 bits per heavy atom. The first-order valence-corrected chi connectivity index (χ1v) is 11.4. The van der Waals surface area contributed by atoms with Gasteiger partial charge in [0.2, 0.25) is 5.91 Å². The van der Waals surface area contributed by atoms with Gasteiger partial charge < -0.3 is 10.2 Å². The standard InChI is InChI=1S/C25H26F2N4O4/c1-25(12-9-16-5-3-2-4-6-16)23(34)31(24(35)28-25)29-21(32)17-10-13-30(14-11-17)22(33)19-8-7-18(26)15-20(19)27/h2-8,15,17H,9-14H2,1H3,(H,28,35)(H,29,32). The van der Waals surface area contributed by atoms with Crippen molar-refractivity contribution < 1.29 is 28.0 Å². The number of nitrogens with zero attached hydrogens (tertiary/aromatic N) is 2. The van der Waals surface area contributed by atoms with Crippen LogP contribution in [0.15, 0.2) is 48.5 Å². The Balaban J connectivity index is 1.31. The molecule has 2 aromatic rings. The molecule has 2 saturated heterocycles. The van der Waals surface area contributed by atoms with Gasteiger partial charge in [-0.1, -0.05) is 30.3 Å². The second-order valence-electron chi connectivity index (χ2n) is 9.06. The average Bonchev–Trinajstić information content (AvgIpc) is 3.06. The number of benzene rings is 2. The zero-order valence-electron chi connectivity index (χ0n) is 19.2. The van der Waals surface area contributed by atoms with Gasteiger partial charge in [-0.3, -0.25) is 19.8 Å². The SMILES string of the molecule is CC1(CCc2ccccc2)NC(=O)N(NC(=O)C2CCN(C(=O)c3ccc(F)cc3F)CC2)C1=O. The van der Waals surface area contributed by atoms with E-state index in [-0.39, 0.29) is 31.5 Å². The number of likely N-dealkylation sites (tertiary alicyclic amines) is 1. The van der Waals surface area contributed by atoms with Crippen molar-refractivity contribution in [1.82, 2.24) is 20.7 Å². The number of carbonyl (C=O) groups is 4. The largest absolute Gasteiger partial charge is 0.344 e. The molecular formula is C25H26F2N4O4. The highest BCUT2D eigenvalue weighted by Crippen LogP contribution is 2.24. The summed E-state index contributed by atoms with van der Waals surface area (Å²) in [5.74, 6) is -3.86. The molecule has 2 aliphatic heterocycles. The van der Waals surface area contributed by atoms with Gasteiger partial charge in [0, 0.05) is 25.1 Å². The summed E-state index contributed by atoms with van der Waals surface area (Å²) >= 11 is 0. The summed E-state index contributed by atoms with van der Waals surface area (Å²) in [5.41, 5.74) is 2.07. The van der Waals surface area contributed by atoms with E-state index in [9.17, 15) is 28.0 Å². The maximum Gasteiger partial charge on any atom is 0.344 e. The average molecular weight is 485 g/mol. The predicted molar refractivity (Wildman–Crippen MR) is 122 cm³/mol. The number of nitrogens with one attached hydrogen (secondary N) is 2. The molecule has 2 heterocycles. The lowest BCUT2D eigenvalue weighted by molar-refractivity contribution is -0.141. The fraction of sp³-hybridized carbons (Fsp3) is 0.360. The van der Waals surface area contributed by atoms with Gasteiger partial charge in [0.05, 0.1) is 5.56 Å². The lowest BCUT2D eigenvalue weighted by Crippen LogP contribution is -2.52. The number of aryl methyl sites for hydroxylation is 1. The smallest absolute Gasteiger partial charge is 0.339 e. The van der Waals surface area contributed by atoms with Crippen molar-refractivity contribution in [2.75, 3.05) is 13.1 Å². The van der Waals surface area contributed by atoms with Crippen LogP contribution >= 0.6 is 0 Å². The molecule has 4 rings (SSSR count). The number of hydrogen-bond donors (Lipinski definition) is 2. The van der Waals surface area contributed by atoms with Gasteiger partial charge >= 0.3 is 6.03 Å².